The third-order valence-corrected chi connectivity index (χ3v) is 4.75. The van der Waals surface area contributed by atoms with E-state index in [-0.39, 0.29) is 5.91 Å². The predicted molar refractivity (Wildman–Crippen MR) is 115 cm³/mol. The van der Waals surface area contributed by atoms with Gasteiger partial charge in [0, 0.05) is 31.8 Å². The van der Waals surface area contributed by atoms with Gasteiger partial charge in [-0.15, -0.1) is 0 Å². The summed E-state index contributed by atoms with van der Waals surface area (Å²) in [6, 6.07) is 11.4. The molecule has 0 aliphatic carbocycles. The zero-order valence-electron chi connectivity index (χ0n) is 16.2. The lowest BCUT2D eigenvalue weighted by Crippen LogP contribution is -2.18. The maximum absolute atomic E-state index is 11.1. The number of rotatable bonds is 5. The fraction of sp³-hybridized carbons (Fsp3) is 0.238. The van der Waals surface area contributed by atoms with E-state index in [4.69, 9.17) is 5.73 Å². The van der Waals surface area contributed by atoms with Gasteiger partial charge in [-0.3, -0.25) is 4.79 Å². The summed E-state index contributed by atoms with van der Waals surface area (Å²) in [6.45, 7) is 3.55. The van der Waals surface area contributed by atoms with E-state index in [1.807, 2.05) is 18.2 Å². The van der Waals surface area contributed by atoms with E-state index in [0.29, 0.717) is 11.8 Å². The molecule has 0 atom stereocenters. The maximum atomic E-state index is 11.1. The lowest BCUT2D eigenvalue weighted by atomic mass is 10.1. The number of carbonyl (C=O) groups excluding carboxylic acids is 1. The second-order valence-corrected chi connectivity index (χ2v) is 6.97. The van der Waals surface area contributed by atoms with Crippen LogP contribution in [0.3, 0.4) is 0 Å². The second kappa shape index (κ2) is 8.14. The van der Waals surface area contributed by atoms with Crippen LogP contribution >= 0.6 is 0 Å². The van der Waals surface area contributed by atoms with Crippen molar-refractivity contribution >= 4 is 34.7 Å². The minimum absolute atomic E-state index is 0.163. The molecule has 1 aliphatic rings. The maximum Gasteiger partial charge on any atom is 0.227 e. The molecule has 1 fully saturated rings. The largest absolute Gasteiger partial charge is 0.397 e. The molecule has 8 nitrogen and oxygen atoms in total. The van der Waals surface area contributed by atoms with Crippen LogP contribution < -0.4 is 21.3 Å². The standard InChI is InChI=1S/C21H23N7O/c1-14(29)25-20-7-5-16(13-24-20)26-21-23-9-8-18(27-21)15-4-6-19(17(22)12-15)28-10-2-3-11-28/h4-9,12-13H,2-3,10-11,22H2,1H3,(H,23,26,27)(H,24,25,29). The molecule has 2 aromatic heterocycles. The summed E-state index contributed by atoms with van der Waals surface area (Å²) in [4.78, 5) is 26.5. The van der Waals surface area contributed by atoms with Crippen LogP contribution in [0.2, 0.25) is 0 Å². The van der Waals surface area contributed by atoms with Gasteiger partial charge in [0.25, 0.3) is 0 Å². The summed E-state index contributed by atoms with van der Waals surface area (Å²) in [5, 5.41) is 5.76. The van der Waals surface area contributed by atoms with Gasteiger partial charge in [-0.1, -0.05) is 6.07 Å². The first kappa shape index (κ1) is 18.7. The third kappa shape index (κ3) is 4.43. The number of pyridine rings is 1. The van der Waals surface area contributed by atoms with Crippen LogP contribution in [0.4, 0.5) is 28.8 Å². The molecule has 0 spiro atoms. The molecule has 0 bridgehead atoms. The molecular formula is C21H23N7O. The highest BCUT2D eigenvalue weighted by atomic mass is 16.1. The second-order valence-electron chi connectivity index (χ2n) is 6.97. The zero-order chi connectivity index (χ0) is 20.2. The Labute approximate surface area is 169 Å². The Kier molecular flexibility index (Phi) is 5.24. The quantitative estimate of drug-likeness (QED) is 0.574. The number of hydrogen-bond donors (Lipinski definition) is 3. The van der Waals surface area contributed by atoms with Crippen molar-refractivity contribution < 1.29 is 4.79 Å². The van der Waals surface area contributed by atoms with Crippen LogP contribution in [0, 0.1) is 0 Å². The van der Waals surface area contributed by atoms with Crippen molar-refractivity contribution in [1.82, 2.24) is 15.0 Å². The Morgan fingerprint density at radius 1 is 1.10 bits per heavy atom. The number of anilines is 5. The summed E-state index contributed by atoms with van der Waals surface area (Å²) < 4.78 is 0. The number of nitrogens with zero attached hydrogens (tertiary/aromatic N) is 4. The van der Waals surface area contributed by atoms with Gasteiger partial charge in [-0.05, 0) is 43.2 Å². The molecule has 1 saturated heterocycles. The smallest absolute Gasteiger partial charge is 0.227 e. The number of nitrogens with two attached hydrogens (primary N) is 1. The number of aromatic nitrogens is 3. The van der Waals surface area contributed by atoms with Gasteiger partial charge in [-0.2, -0.15) is 0 Å². The number of carbonyl (C=O) groups is 1. The zero-order valence-corrected chi connectivity index (χ0v) is 16.2. The third-order valence-electron chi connectivity index (χ3n) is 4.75. The van der Waals surface area contributed by atoms with E-state index in [0.717, 1.165) is 41.4 Å². The number of amides is 1. The molecule has 3 aromatic rings. The molecule has 4 N–H and O–H groups in total. The van der Waals surface area contributed by atoms with Crippen molar-refractivity contribution in [3.05, 3.63) is 48.8 Å². The molecule has 1 amide bonds. The van der Waals surface area contributed by atoms with E-state index < -0.39 is 0 Å². The van der Waals surface area contributed by atoms with Crippen molar-refractivity contribution in [2.75, 3.05) is 34.4 Å². The van der Waals surface area contributed by atoms with Crippen LogP contribution in [-0.2, 0) is 4.79 Å². The van der Waals surface area contributed by atoms with Crippen molar-refractivity contribution in [2.24, 2.45) is 0 Å². The van der Waals surface area contributed by atoms with Gasteiger partial charge >= 0.3 is 0 Å². The lowest BCUT2D eigenvalue weighted by molar-refractivity contribution is -0.114. The highest BCUT2D eigenvalue weighted by molar-refractivity contribution is 5.87. The Morgan fingerprint density at radius 2 is 1.93 bits per heavy atom. The molecule has 3 heterocycles. The summed E-state index contributed by atoms with van der Waals surface area (Å²) in [5.74, 6) is 0.786. The molecule has 4 rings (SSSR count). The minimum Gasteiger partial charge on any atom is -0.397 e. The van der Waals surface area contributed by atoms with Gasteiger partial charge in [0.15, 0.2) is 0 Å². The van der Waals surface area contributed by atoms with Gasteiger partial charge < -0.3 is 21.3 Å². The highest BCUT2D eigenvalue weighted by Gasteiger charge is 2.15. The molecule has 1 aliphatic heterocycles. The van der Waals surface area contributed by atoms with Crippen molar-refractivity contribution in [1.29, 1.82) is 0 Å². The van der Waals surface area contributed by atoms with Crippen LogP contribution in [0.25, 0.3) is 11.3 Å². The minimum atomic E-state index is -0.163. The van der Waals surface area contributed by atoms with Gasteiger partial charge in [-0.25, -0.2) is 15.0 Å². The lowest BCUT2D eigenvalue weighted by Gasteiger charge is -2.20. The molecule has 0 radical (unpaired) electrons. The van der Waals surface area contributed by atoms with Crippen LogP contribution in [-0.4, -0.2) is 33.9 Å². The Balaban J connectivity index is 1.51. The molecule has 29 heavy (non-hydrogen) atoms. The Morgan fingerprint density at radius 3 is 2.62 bits per heavy atom. The van der Waals surface area contributed by atoms with Crippen LogP contribution in [0.1, 0.15) is 19.8 Å². The molecular weight excluding hydrogens is 366 g/mol. The van der Waals surface area contributed by atoms with E-state index in [1.165, 1.54) is 19.8 Å². The van der Waals surface area contributed by atoms with E-state index in [9.17, 15) is 4.79 Å². The first-order valence-corrected chi connectivity index (χ1v) is 9.57. The fourth-order valence-corrected chi connectivity index (χ4v) is 3.39. The highest BCUT2D eigenvalue weighted by Crippen LogP contribution is 2.31. The van der Waals surface area contributed by atoms with Crippen molar-refractivity contribution in [3.8, 4) is 11.3 Å². The van der Waals surface area contributed by atoms with E-state index in [1.54, 1.807) is 24.5 Å². The number of hydrogen-bond acceptors (Lipinski definition) is 7. The van der Waals surface area contributed by atoms with Crippen LogP contribution in [0.5, 0.6) is 0 Å². The molecule has 1 aromatic carbocycles. The topological polar surface area (TPSA) is 109 Å². The van der Waals surface area contributed by atoms with Gasteiger partial charge in [0.05, 0.1) is 29.0 Å². The average Bonchev–Trinajstić information content (AvgIpc) is 3.24. The Bertz CT molecular complexity index is 1010. The van der Waals surface area contributed by atoms with Crippen LogP contribution in [0.15, 0.2) is 48.8 Å². The van der Waals surface area contributed by atoms with Gasteiger partial charge in [0.1, 0.15) is 5.82 Å². The Hall–Kier alpha value is -3.68. The SMILES string of the molecule is CC(=O)Nc1ccc(Nc2nccc(-c3ccc(N4CCCC4)c(N)c3)n2)cn1. The molecule has 0 unspecified atom stereocenters. The monoisotopic (exact) mass is 389 g/mol. The normalized spacial score (nSPS) is 13.3. The number of benzene rings is 1. The predicted octanol–water partition coefficient (Wildman–Crippen LogP) is 3.42. The van der Waals surface area contributed by atoms with E-state index in [2.05, 4.69) is 36.6 Å². The van der Waals surface area contributed by atoms with E-state index >= 15 is 0 Å². The summed E-state index contributed by atoms with van der Waals surface area (Å²) in [7, 11) is 0. The first-order valence-electron chi connectivity index (χ1n) is 9.57. The summed E-state index contributed by atoms with van der Waals surface area (Å²) >= 11 is 0. The van der Waals surface area contributed by atoms with Crippen molar-refractivity contribution in [2.45, 2.75) is 19.8 Å². The summed E-state index contributed by atoms with van der Waals surface area (Å²) in [5.41, 5.74) is 10.6. The van der Waals surface area contributed by atoms with Crippen molar-refractivity contribution in [3.63, 3.8) is 0 Å². The summed E-state index contributed by atoms with van der Waals surface area (Å²) in [6.07, 6.45) is 5.74. The number of nitrogens with one attached hydrogen (secondary N) is 2. The average molecular weight is 389 g/mol. The molecule has 148 valence electrons. The molecule has 8 heteroatoms. The number of nitrogen functional groups attached to an aromatic ring is 1. The van der Waals surface area contributed by atoms with Gasteiger partial charge in [0.2, 0.25) is 11.9 Å². The first-order chi connectivity index (χ1) is 14.1. The fourth-order valence-electron chi connectivity index (χ4n) is 3.39. The molecule has 0 saturated carbocycles.